The largest absolute Gasteiger partial charge is 0.435 e. The van der Waals surface area contributed by atoms with E-state index < -0.39 is 0 Å². The molecule has 2 heterocycles. The Labute approximate surface area is 175 Å². The first-order valence-electron chi connectivity index (χ1n) is 10.2. The summed E-state index contributed by atoms with van der Waals surface area (Å²) >= 11 is 0. The molecule has 3 aromatic carbocycles. The van der Waals surface area contributed by atoms with Crippen molar-refractivity contribution in [1.29, 1.82) is 0 Å². The number of fused-ring (bicyclic) bond motifs is 4. The third-order valence-electron chi connectivity index (χ3n) is 6.14. The number of hydrogen-bond donors (Lipinski definition) is 0. The van der Waals surface area contributed by atoms with Crippen molar-refractivity contribution in [3.63, 3.8) is 0 Å². The van der Waals surface area contributed by atoms with E-state index >= 15 is 0 Å². The van der Waals surface area contributed by atoms with E-state index in [0.29, 0.717) is 5.89 Å². The molecule has 1 aliphatic rings. The van der Waals surface area contributed by atoms with Gasteiger partial charge >= 0.3 is 0 Å². The van der Waals surface area contributed by atoms with Gasteiger partial charge in [-0.1, -0.05) is 80.6 Å². The highest BCUT2D eigenvalue weighted by molar-refractivity contribution is 5.83. The summed E-state index contributed by atoms with van der Waals surface area (Å²) in [6.45, 7) is 4.51. The molecule has 0 saturated carbocycles. The minimum atomic E-state index is -0.0522. The zero-order valence-corrected chi connectivity index (χ0v) is 16.9. The van der Waals surface area contributed by atoms with Crippen molar-refractivity contribution in [3.05, 3.63) is 96.1 Å². The standard InChI is InChI=1S/C27H20N2O/c1-27(2)20-11-7-6-10-19(20)25-21(27)13-15-23(28-25)26-29-22-14-12-18(16-24(22)30-26)17-8-4-3-5-9-17/h3-16H,1-2H3. The Kier molecular flexibility index (Phi) is 3.51. The molecular weight excluding hydrogens is 368 g/mol. The van der Waals surface area contributed by atoms with Gasteiger partial charge in [0, 0.05) is 11.0 Å². The summed E-state index contributed by atoms with van der Waals surface area (Å²) in [4.78, 5) is 9.69. The number of hydrogen-bond acceptors (Lipinski definition) is 3. The van der Waals surface area contributed by atoms with Crippen LogP contribution in [0.4, 0.5) is 0 Å². The molecule has 5 aromatic rings. The highest BCUT2D eigenvalue weighted by atomic mass is 16.3. The molecule has 0 saturated heterocycles. The molecule has 0 bridgehead atoms. The van der Waals surface area contributed by atoms with Gasteiger partial charge in [0.1, 0.15) is 11.2 Å². The van der Waals surface area contributed by atoms with Gasteiger partial charge in [-0.3, -0.25) is 0 Å². The summed E-state index contributed by atoms with van der Waals surface area (Å²) in [7, 11) is 0. The molecule has 0 aliphatic heterocycles. The Bertz CT molecular complexity index is 1410. The van der Waals surface area contributed by atoms with Gasteiger partial charge in [0.2, 0.25) is 5.89 Å². The van der Waals surface area contributed by atoms with E-state index in [1.807, 2.05) is 36.4 Å². The van der Waals surface area contributed by atoms with Crippen molar-refractivity contribution >= 4 is 11.1 Å². The first-order valence-corrected chi connectivity index (χ1v) is 10.2. The second-order valence-corrected chi connectivity index (χ2v) is 8.33. The van der Waals surface area contributed by atoms with Gasteiger partial charge in [-0.25, -0.2) is 9.97 Å². The summed E-state index contributed by atoms with van der Waals surface area (Å²) in [6, 6.07) is 29.1. The highest BCUT2D eigenvalue weighted by Gasteiger charge is 2.36. The van der Waals surface area contributed by atoms with Crippen LogP contribution in [-0.2, 0) is 5.41 Å². The average molecular weight is 388 g/mol. The van der Waals surface area contributed by atoms with E-state index in [-0.39, 0.29) is 5.41 Å². The fraction of sp³-hybridized carbons (Fsp3) is 0.111. The molecule has 0 amide bonds. The van der Waals surface area contributed by atoms with Gasteiger partial charge in [-0.05, 0) is 40.5 Å². The fourth-order valence-corrected chi connectivity index (χ4v) is 4.51. The predicted octanol–water partition coefficient (Wildman–Crippen LogP) is 6.86. The van der Waals surface area contributed by atoms with Crippen LogP contribution in [0.2, 0.25) is 0 Å². The zero-order chi connectivity index (χ0) is 20.3. The van der Waals surface area contributed by atoms with Crippen LogP contribution < -0.4 is 0 Å². The Hall–Kier alpha value is -3.72. The number of oxazole rings is 1. The van der Waals surface area contributed by atoms with Crippen LogP contribution in [0.1, 0.15) is 25.0 Å². The van der Waals surface area contributed by atoms with Crippen LogP contribution in [0, 0.1) is 0 Å². The van der Waals surface area contributed by atoms with Crippen molar-refractivity contribution < 1.29 is 4.42 Å². The fourth-order valence-electron chi connectivity index (χ4n) is 4.51. The monoisotopic (exact) mass is 388 g/mol. The van der Waals surface area contributed by atoms with Crippen LogP contribution in [0.25, 0.3) is 45.1 Å². The molecule has 0 radical (unpaired) electrons. The van der Waals surface area contributed by atoms with E-state index in [1.165, 1.54) is 16.7 Å². The lowest BCUT2D eigenvalue weighted by Gasteiger charge is -2.20. The zero-order valence-electron chi connectivity index (χ0n) is 16.9. The maximum atomic E-state index is 6.14. The summed E-state index contributed by atoms with van der Waals surface area (Å²) in [6.07, 6.45) is 0. The van der Waals surface area contributed by atoms with Crippen LogP contribution in [-0.4, -0.2) is 9.97 Å². The second kappa shape index (κ2) is 6.14. The topological polar surface area (TPSA) is 38.9 Å². The number of rotatable bonds is 2. The summed E-state index contributed by atoms with van der Waals surface area (Å²) in [5, 5.41) is 0. The lowest BCUT2D eigenvalue weighted by molar-refractivity contribution is 0.616. The van der Waals surface area contributed by atoms with Crippen LogP contribution in [0.3, 0.4) is 0 Å². The van der Waals surface area contributed by atoms with Gasteiger partial charge in [-0.15, -0.1) is 0 Å². The predicted molar refractivity (Wildman–Crippen MR) is 120 cm³/mol. The minimum Gasteiger partial charge on any atom is -0.435 e. The Morgan fingerprint density at radius 2 is 1.50 bits per heavy atom. The third-order valence-corrected chi connectivity index (χ3v) is 6.14. The quantitative estimate of drug-likeness (QED) is 0.331. The van der Waals surface area contributed by atoms with Crippen LogP contribution >= 0.6 is 0 Å². The molecule has 0 spiro atoms. The van der Waals surface area contributed by atoms with Crippen LogP contribution in [0.15, 0.2) is 89.3 Å². The van der Waals surface area contributed by atoms with E-state index in [9.17, 15) is 0 Å². The van der Waals surface area contributed by atoms with Gasteiger partial charge in [-0.2, -0.15) is 0 Å². The summed E-state index contributed by atoms with van der Waals surface area (Å²) in [5.41, 5.74) is 9.38. The Balaban J connectivity index is 1.47. The van der Waals surface area contributed by atoms with E-state index in [4.69, 9.17) is 14.4 Å². The van der Waals surface area contributed by atoms with Gasteiger partial charge in [0.05, 0.1) is 5.69 Å². The molecule has 1 aliphatic carbocycles. The molecule has 30 heavy (non-hydrogen) atoms. The number of benzene rings is 3. The molecule has 0 unspecified atom stereocenters. The Morgan fingerprint density at radius 3 is 2.37 bits per heavy atom. The SMILES string of the molecule is CC1(C)c2ccccc2-c2nc(-c3nc4ccc(-c5ccccc5)cc4o3)ccc21. The van der Waals surface area contributed by atoms with Gasteiger partial charge in [0.15, 0.2) is 5.58 Å². The van der Waals surface area contributed by atoms with Crippen molar-refractivity contribution in [1.82, 2.24) is 9.97 Å². The smallest absolute Gasteiger partial charge is 0.246 e. The van der Waals surface area contributed by atoms with Gasteiger partial charge in [0.25, 0.3) is 0 Å². The van der Waals surface area contributed by atoms with Crippen molar-refractivity contribution in [2.24, 2.45) is 0 Å². The molecule has 2 aromatic heterocycles. The lowest BCUT2D eigenvalue weighted by atomic mass is 9.83. The lowest BCUT2D eigenvalue weighted by Crippen LogP contribution is -2.14. The normalized spacial score (nSPS) is 13.9. The molecule has 3 nitrogen and oxygen atoms in total. The average Bonchev–Trinajstić information content (AvgIpc) is 3.31. The van der Waals surface area contributed by atoms with E-state index in [1.54, 1.807) is 0 Å². The minimum absolute atomic E-state index is 0.0522. The summed E-state index contributed by atoms with van der Waals surface area (Å²) < 4.78 is 6.14. The molecule has 0 atom stereocenters. The molecule has 3 heteroatoms. The molecule has 0 N–H and O–H groups in total. The first kappa shape index (κ1) is 17.2. The highest BCUT2D eigenvalue weighted by Crippen LogP contribution is 2.48. The first-order chi connectivity index (χ1) is 14.6. The molecule has 144 valence electrons. The maximum Gasteiger partial charge on any atom is 0.246 e. The Morgan fingerprint density at radius 1 is 0.700 bits per heavy atom. The number of nitrogens with zero attached hydrogens (tertiary/aromatic N) is 2. The van der Waals surface area contributed by atoms with E-state index in [0.717, 1.165) is 33.6 Å². The van der Waals surface area contributed by atoms with Crippen LogP contribution in [0.5, 0.6) is 0 Å². The number of pyridine rings is 1. The van der Waals surface area contributed by atoms with Crippen molar-refractivity contribution in [2.75, 3.05) is 0 Å². The van der Waals surface area contributed by atoms with Crippen molar-refractivity contribution in [2.45, 2.75) is 19.3 Å². The maximum absolute atomic E-state index is 6.14. The molecule has 0 fully saturated rings. The van der Waals surface area contributed by atoms with Crippen molar-refractivity contribution in [3.8, 4) is 34.0 Å². The summed E-state index contributed by atoms with van der Waals surface area (Å²) in [5.74, 6) is 0.556. The van der Waals surface area contributed by atoms with E-state index in [2.05, 4.69) is 62.4 Å². The molecular formula is C27H20N2O. The number of aromatic nitrogens is 2. The second-order valence-electron chi connectivity index (χ2n) is 8.33. The third kappa shape index (κ3) is 2.45. The van der Waals surface area contributed by atoms with Gasteiger partial charge < -0.3 is 4.42 Å². The molecule has 6 rings (SSSR count).